The van der Waals surface area contributed by atoms with Crippen LogP contribution < -0.4 is 24.3 Å². The molecule has 2 aromatic carbocycles. The van der Waals surface area contributed by atoms with Gasteiger partial charge in [-0.05, 0) is 29.8 Å². The van der Waals surface area contributed by atoms with Crippen LogP contribution >= 0.6 is 0 Å². The van der Waals surface area contributed by atoms with Crippen LogP contribution in [-0.2, 0) is 0 Å². The first-order chi connectivity index (χ1) is 14.0. The first-order valence-corrected chi connectivity index (χ1v) is 8.45. The molecule has 0 fully saturated rings. The average Bonchev–Trinajstić information content (AvgIpc) is 3.22. The van der Waals surface area contributed by atoms with Gasteiger partial charge in [-0.2, -0.15) is 0 Å². The van der Waals surface area contributed by atoms with Crippen LogP contribution in [0.5, 0.6) is 23.0 Å². The molecule has 0 aliphatic heterocycles. The quantitative estimate of drug-likeness (QED) is 0.609. The number of carbonyl (C=O) groups is 1. The van der Waals surface area contributed by atoms with Crippen LogP contribution in [0, 0.1) is 0 Å². The van der Waals surface area contributed by atoms with Crippen LogP contribution in [0.25, 0.3) is 22.4 Å². The molecular weight excluding hydrogens is 380 g/mol. The minimum absolute atomic E-state index is 0.301. The Morgan fingerprint density at radius 2 is 1.59 bits per heavy atom. The second-order valence-electron chi connectivity index (χ2n) is 5.84. The summed E-state index contributed by atoms with van der Waals surface area (Å²) in [6.07, 6.45) is 0.279. The van der Waals surface area contributed by atoms with Crippen LogP contribution in [0.1, 0.15) is 0 Å². The second-order valence-corrected chi connectivity index (χ2v) is 5.84. The number of nitrogens with zero attached hydrogens (tertiary/aromatic N) is 1. The molecule has 1 heterocycles. The van der Waals surface area contributed by atoms with Crippen molar-refractivity contribution < 1.29 is 33.4 Å². The van der Waals surface area contributed by atoms with Gasteiger partial charge in [0.15, 0.2) is 11.5 Å². The molecule has 0 bridgehead atoms. The van der Waals surface area contributed by atoms with E-state index in [9.17, 15) is 4.79 Å². The molecule has 0 radical (unpaired) electrons. The Morgan fingerprint density at radius 1 is 0.931 bits per heavy atom. The van der Waals surface area contributed by atoms with Crippen molar-refractivity contribution in [3.05, 3.63) is 36.6 Å². The molecule has 29 heavy (non-hydrogen) atoms. The highest BCUT2D eigenvalue weighted by Gasteiger charge is 2.20. The highest BCUT2D eigenvalue weighted by atomic mass is 16.5. The third kappa shape index (κ3) is 3.88. The molecule has 2 N–H and O–H groups in total. The molecule has 1 amide bonds. The van der Waals surface area contributed by atoms with Gasteiger partial charge in [0.05, 0.1) is 34.1 Å². The highest BCUT2D eigenvalue weighted by Crippen LogP contribution is 2.43. The summed E-state index contributed by atoms with van der Waals surface area (Å²) in [6, 6.07) is 8.58. The number of methoxy groups -OCH3 is 4. The van der Waals surface area contributed by atoms with Gasteiger partial charge in [-0.1, -0.05) is 11.2 Å². The molecule has 0 aliphatic carbocycles. The van der Waals surface area contributed by atoms with Crippen molar-refractivity contribution in [3.8, 4) is 45.4 Å². The SMILES string of the molecule is COc1ccc(-c2conc2-c2cc(OC)c(OC)c(OC)c2)cc1NC(=O)O. The normalized spacial score (nSPS) is 10.3. The van der Waals surface area contributed by atoms with E-state index in [-0.39, 0.29) is 0 Å². The summed E-state index contributed by atoms with van der Waals surface area (Å²) in [5, 5.41) is 15.5. The van der Waals surface area contributed by atoms with E-state index in [2.05, 4.69) is 10.5 Å². The third-order valence-corrected chi connectivity index (χ3v) is 4.26. The maximum absolute atomic E-state index is 11.1. The number of aromatic nitrogens is 1. The van der Waals surface area contributed by atoms with Crippen LogP contribution in [0.2, 0.25) is 0 Å². The molecule has 0 aliphatic rings. The smallest absolute Gasteiger partial charge is 0.409 e. The maximum Gasteiger partial charge on any atom is 0.409 e. The Hall–Kier alpha value is -3.88. The summed E-state index contributed by atoms with van der Waals surface area (Å²) in [6.45, 7) is 0. The predicted molar refractivity (Wildman–Crippen MR) is 105 cm³/mol. The number of carboxylic acid groups (broad SMARTS) is 1. The number of ether oxygens (including phenoxy) is 4. The molecule has 3 aromatic rings. The van der Waals surface area contributed by atoms with Crippen molar-refractivity contribution in [1.82, 2.24) is 5.16 Å². The van der Waals surface area contributed by atoms with E-state index in [1.165, 1.54) is 34.7 Å². The molecule has 0 atom stereocenters. The first-order valence-electron chi connectivity index (χ1n) is 8.45. The van der Waals surface area contributed by atoms with E-state index in [4.69, 9.17) is 28.6 Å². The standard InChI is InChI=1S/C20H20N2O7/c1-25-15-6-5-11(7-14(15)21-20(23)24)13-10-29-22-18(13)12-8-16(26-2)19(28-4)17(9-12)27-3/h5-10,21H,1-4H3,(H,23,24). The van der Waals surface area contributed by atoms with Crippen LogP contribution in [0.4, 0.5) is 10.5 Å². The van der Waals surface area contributed by atoms with Gasteiger partial charge in [0.25, 0.3) is 0 Å². The van der Waals surface area contributed by atoms with Gasteiger partial charge in [-0.15, -0.1) is 0 Å². The fourth-order valence-electron chi connectivity index (χ4n) is 2.96. The molecule has 3 rings (SSSR count). The van der Waals surface area contributed by atoms with Crippen molar-refractivity contribution in [2.75, 3.05) is 33.8 Å². The number of anilines is 1. The summed E-state index contributed by atoms with van der Waals surface area (Å²) >= 11 is 0. The molecule has 0 saturated heterocycles. The van der Waals surface area contributed by atoms with Crippen molar-refractivity contribution in [2.45, 2.75) is 0 Å². The number of hydrogen-bond acceptors (Lipinski definition) is 7. The van der Waals surface area contributed by atoms with E-state index < -0.39 is 6.09 Å². The molecule has 0 saturated carbocycles. The Kier molecular flexibility index (Phi) is 5.77. The minimum atomic E-state index is -1.20. The molecule has 1 aromatic heterocycles. The van der Waals surface area contributed by atoms with Crippen molar-refractivity contribution in [1.29, 1.82) is 0 Å². The molecular formula is C20H20N2O7. The van der Waals surface area contributed by atoms with Gasteiger partial charge >= 0.3 is 6.09 Å². The maximum atomic E-state index is 11.1. The molecule has 0 unspecified atom stereocenters. The van der Waals surface area contributed by atoms with Crippen LogP contribution in [-0.4, -0.2) is 44.8 Å². The molecule has 0 spiro atoms. The van der Waals surface area contributed by atoms with Crippen LogP contribution in [0.3, 0.4) is 0 Å². The lowest BCUT2D eigenvalue weighted by molar-refractivity contribution is 0.209. The lowest BCUT2D eigenvalue weighted by atomic mass is 10.0. The fraction of sp³-hybridized carbons (Fsp3) is 0.200. The van der Waals surface area contributed by atoms with Gasteiger partial charge in [-0.25, -0.2) is 4.79 Å². The predicted octanol–water partition coefficient (Wildman–Crippen LogP) is 4.13. The van der Waals surface area contributed by atoms with Gasteiger partial charge < -0.3 is 28.6 Å². The zero-order valence-corrected chi connectivity index (χ0v) is 16.3. The van der Waals surface area contributed by atoms with Crippen molar-refractivity contribution in [3.63, 3.8) is 0 Å². The van der Waals surface area contributed by atoms with E-state index in [1.807, 2.05) is 0 Å². The molecule has 9 heteroatoms. The number of nitrogens with one attached hydrogen (secondary N) is 1. The lowest BCUT2D eigenvalue weighted by Crippen LogP contribution is -2.08. The average molecular weight is 400 g/mol. The van der Waals surface area contributed by atoms with E-state index in [1.54, 1.807) is 30.3 Å². The second kappa shape index (κ2) is 8.42. The van der Waals surface area contributed by atoms with E-state index in [0.29, 0.717) is 51.1 Å². The molecule has 9 nitrogen and oxygen atoms in total. The highest BCUT2D eigenvalue weighted by molar-refractivity contribution is 5.89. The zero-order valence-electron chi connectivity index (χ0n) is 16.3. The molecule has 152 valence electrons. The number of rotatable bonds is 7. The van der Waals surface area contributed by atoms with E-state index in [0.717, 1.165) is 0 Å². The summed E-state index contributed by atoms with van der Waals surface area (Å²) in [5.41, 5.74) is 2.83. The Morgan fingerprint density at radius 3 is 2.14 bits per heavy atom. The summed E-state index contributed by atoms with van der Waals surface area (Å²) < 4.78 is 26.6. The van der Waals surface area contributed by atoms with Gasteiger partial charge in [0.1, 0.15) is 17.7 Å². The van der Waals surface area contributed by atoms with Crippen molar-refractivity contribution in [2.24, 2.45) is 0 Å². The Balaban J connectivity index is 2.12. The van der Waals surface area contributed by atoms with Crippen molar-refractivity contribution >= 4 is 11.8 Å². The summed E-state index contributed by atoms with van der Waals surface area (Å²) in [5.74, 6) is 1.79. The van der Waals surface area contributed by atoms with Gasteiger partial charge in [-0.3, -0.25) is 5.32 Å². The van der Waals surface area contributed by atoms with Gasteiger partial charge in [0, 0.05) is 11.1 Å². The number of hydrogen-bond donors (Lipinski definition) is 2. The summed E-state index contributed by atoms with van der Waals surface area (Å²) in [7, 11) is 6.04. The number of benzene rings is 2. The third-order valence-electron chi connectivity index (χ3n) is 4.26. The Labute approximate surface area is 166 Å². The monoisotopic (exact) mass is 400 g/mol. The van der Waals surface area contributed by atoms with E-state index >= 15 is 0 Å². The topological polar surface area (TPSA) is 112 Å². The first kappa shape index (κ1) is 19.9. The fourth-order valence-corrected chi connectivity index (χ4v) is 2.96. The van der Waals surface area contributed by atoms with Crippen LogP contribution in [0.15, 0.2) is 41.1 Å². The zero-order chi connectivity index (χ0) is 21.0. The largest absolute Gasteiger partial charge is 0.495 e. The lowest BCUT2D eigenvalue weighted by Gasteiger charge is -2.14. The number of amides is 1. The summed E-state index contributed by atoms with van der Waals surface area (Å²) in [4.78, 5) is 11.1. The van der Waals surface area contributed by atoms with Gasteiger partial charge in [0.2, 0.25) is 5.75 Å². The Bertz CT molecular complexity index is 1000. The minimum Gasteiger partial charge on any atom is -0.495 e.